The van der Waals surface area contributed by atoms with Crippen LogP contribution in [0.1, 0.15) is 32.6 Å². The molecular formula is C11H21NO2. The van der Waals surface area contributed by atoms with E-state index in [1.807, 2.05) is 0 Å². The molecule has 0 aromatic carbocycles. The standard InChI is InChI=1S/C11H21NO2/c1-3-4-5-6-12(2)8-9-7-10(9)11(13)14/h9-10H,3-8H2,1-2H3,(H,13,14). The van der Waals surface area contributed by atoms with Crippen molar-refractivity contribution < 1.29 is 9.90 Å². The molecule has 1 rings (SSSR count). The van der Waals surface area contributed by atoms with E-state index in [1.165, 1.54) is 19.3 Å². The molecule has 0 heterocycles. The summed E-state index contributed by atoms with van der Waals surface area (Å²) in [5.74, 6) is -0.250. The van der Waals surface area contributed by atoms with E-state index in [0.29, 0.717) is 5.92 Å². The maximum Gasteiger partial charge on any atom is 0.306 e. The fourth-order valence-corrected chi connectivity index (χ4v) is 1.88. The SMILES string of the molecule is CCCCCN(C)CC1CC1C(=O)O. The summed E-state index contributed by atoms with van der Waals surface area (Å²) < 4.78 is 0. The van der Waals surface area contributed by atoms with Gasteiger partial charge in [0, 0.05) is 6.54 Å². The van der Waals surface area contributed by atoms with E-state index in [-0.39, 0.29) is 5.92 Å². The van der Waals surface area contributed by atoms with Crippen molar-refractivity contribution >= 4 is 5.97 Å². The Morgan fingerprint density at radius 2 is 2.21 bits per heavy atom. The molecule has 3 heteroatoms. The summed E-state index contributed by atoms with van der Waals surface area (Å²) in [6.07, 6.45) is 4.64. The van der Waals surface area contributed by atoms with E-state index in [2.05, 4.69) is 18.9 Å². The third kappa shape index (κ3) is 3.66. The molecule has 1 N–H and O–H groups in total. The summed E-state index contributed by atoms with van der Waals surface area (Å²) >= 11 is 0. The average Bonchev–Trinajstić information content (AvgIpc) is 2.84. The summed E-state index contributed by atoms with van der Waals surface area (Å²) in [6.45, 7) is 4.26. The molecule has 0 aliphatic heterocycles. The summed E-state index contributed by atoms with van der Waals surface area (Å²) in [5.41, 5.74) is 0. The molecular weight excluding hydrogens is 178 g/mol. The van der Waals surface area contributed by atoms with Gasteiger partial charge in [0.25, 0.3) is 0 Å². The Bertz CT molecular complexity index is 194. The monoisotopic (exact) mass is 199 g/mol. The number of hydrogen-bond acceptors (Lipinski definition) is 2. The summed E-state index contributed by atoms with van der Waals surface area (Å²) in [7, 11) is 2.09. The Morgan fingerprint density at radius 3 is 2.71 bits per heavy atom. The molecule has 3 nitrogen and oxygen atoms in total. The minimum atomic E-state index is -0.614. The third-order valence-corrected chi connectivity index (χ3v) is 2.93. The summed E-state index contributed by atoms with van der Waals surface area (Å²) in [6, 6.07) is 0. The largest absolute Gasteiger partial charge is 0.481 e. The van der Waals surface area contributed by atoms with E-state index < -0.39 is 5.97 Å². The van der Waals surface area contributed by atoms with Crippen LogP contribution in [0.5, 0.6) is 0 Å². The van der Waals surface area contributed by atoms with Crippen LogP contribution in [-0.4, -0.2) is 36.1 Å². The van der Waals surface area contributed by atoms with E-state index in [1.54, 1.807) is 0 Å². The quantitative estimate of drug-likeness (QED) is 0.636. The Morgan fingerprint density at radius 1 is 1.50 bits per heavy atom. The van der Waals surface area contributed by atoms with Crippen molar-refractivity contribution in [2.24, 2.45) is 11.8 Å². The maximum atomic E-state index is 10.6. The molecule has 0 spiro atoms. The van der Waals surface area contributed by atoms with E-state index in [4.69, 9.17) is 5.11 Å². The molecule has 1 aliphatic rings. The van der Waals surface area contributed by atoms with Crippen LogP contribution in [0.2, 0.25) is 0 Å². The number of carbonyl (C=O) groups is 1. The second kappa shape index (κ2) is 5.35. The summed E-state index contributed by atoms with van der Waals surface area (Å²) in [5, 5.41) is 8.73. The number of nitrogens with zero attached hydrogens (tertiary/aromatic N) is 1. The van der Waals surface area contributed by atoms with Gasteiger partial charge in [-0.25, -0.2) is 0 Å². The van der Waals surface area contributed by atoms with Crippen molar-refractivity contribution in [1.29, 1.82) is 0 Å². The van der Waals surface area contributed by atoms with Crippen LogP contribution in [-0.2, 0) is 4.79 Å². The van der Waals surface area contributed by atoms with Crippen LogP contribution in [0.25, 0.3) is 0 Å². The first-order valence-corrected chi connectivity index (χ1v) is 5.56. The lowest BCUT2D eigenvalue weighted by atomic mass is 10.2. The zero-order valence-electron chi connectivity index (χ0n) is 9.20. The van der Waals surface area contributed by atoms with Crippen LogP contribution in [0.4, 0.5) is 0 Å². The maximum absolute atomic E-state index is 10.6. The first kappa shape index (κ1) is 11.5. The molecule has 1 aliphatic carbocycles. The van der Waals surface area contributed by atoms with Gasteiger partial charge < -0.3 is 10.0 Å². The van der Waals surface area contributed by atoms with Crippen molar-refractivity contribution in [2.75, 3.05) is 20.1 Å². The van der Waals surface area contributed by atoms with Crippen molar-refractivity contribution in [3.8, 4) is 0 Å². The van der Waals surface area contributed by atoms with Gasteiger partial charge >= 0.3 is 5.97 Å². The lowest BCUT2D eigenvalue weighted by molar-refractivity contribution is -0.138. The molecule has 2 unspecified atom stereocenters. The smallest absolute Gasteiger partial charge is 0.306 e. The van der Waals surface area contributed by atoms with Gasteiger partial charge in [-0.15, -0.1) is 0 Å². The molecule has 0 bridgehead atoms. The van der Waals surface area contributed by atoms with Gasteiger partial charge in [-0.1, -0.05) is 19.8 Å². The van der Waals surface area contributed by atoms with Crippen LogP contribution in [0, 0.1) is 11.8 Å². The van der Waals surface area contributed by atoms with Crippen molar-refractivity contribution in [3.05, 3.63) is 0 Å². The molecule has 0 radical (unpaired) electrons. The number of carboxylic acid groups (broad SMARTS) is 1. The highest BCUT2D eigenvalue weighted by atomic mass is 16.4. The Labute approximate surface area is 86.1 Å². The molecule has 0 saturated heterocycles. The Balaban J connectivity index is 2.04. The highest BCUT2D eigenvalue weighted by molar-refractivity contribution is 5.73. The molecule has 0 aromatic heterocycles. The molecule has 1 fully saturated rings. The molecule has 1 saturated carbocycles. The highest BCUT2D eigenvalue weighted by Gasteiger charge is 2.43. The van der Waals surface area contributed by atoms with Gasteiger partial charge in [0.2, 0.25) is 0 Å². The predicted molar refractivity (Wildman–Crippen MR) is 56.3 cm³/mol. The van der Waals surface area contributed by atoms with Gasteiger partial charge in [-0.3, -0.25) is 4.79 Å². The Kier molecular flexibility index (Phi) is 4.39. The van der Waals surface area contributed by atoms with Gasteiger partial charge in [-0.2, -0.15) is 0 Å². The molecule has 2 atom stereocenters. The second-order valence-electron chi connectivity index (χ2n) is 4.41. The zero-order valence-corrected chi connectivity index (χ0v) is 9.20. The van der Waals surface area contributed by atoms with Crippen LogP contribution >= 0.6 is 0 Å². The van der Waals surface area contributed by atoms with Gasteiger partial charge in [0.05, 0.1) is 5.92 Å². The van der Waals surface area contributed by atoms with Gasteiger partial charge in [0.15, 0.2) is 0 Å². The first-order valence-electron chi connectivity index (χ1n) is 5.56. The van der Waals surface area contributed by atoms with Crippen LogP contribution < -0.4 is 0 Å². The average molecular weight is 199 g/mol. The summed E-state index contributed by atoms with van der Waals surface area (Å²) in [4.78, 5) is 12.9. The molecule has 0 aromatic rings. The number of unbranched alkanes of at least 4 members (excludes halogenated alkanes) is 2. The molecule has 14 heavy (non-hydrogen) atoms. The lowest BCUT2D eigenvalue weighted by Gasteiger charge is -2.15. The normalized spacial score (nSPS) is 25.4. The molecule has 0 amide bonds. The number of aliphatic carboxylic acids is 1. The fraction of sp³-hybridized carbons (Fsp3) is 0.909. The lowest BCUT2D eigenvalue weighted by Crippen LogP contribution is -2.23. The van der Waals surface area contributed by atoms with Crippen molar-refractivity contribution in [3.63, 3.8) is 0 Å². The minimum absolute atomic E-state index is 0.0522. The van der Waals surface area contributed by atoms with E-state index in [9.17, 15) is 4.79 Å². The number of rotatable bonds is 7. The minimum Gasteiger partial charge on any atom is -0.481 e. The highest BCUT2D eigenvalue weighted by Crippen LogP contribution is 2.38. The van der Waals surface area contributed by atoms with E-state index >= 15 is 0 Å². The number of hydrogen-bond donors (Lipinski definition) is 1. The van der Waals surface area contributed by atoms with Crippen LogP contribution in [0.3, 0.4) is 0 Å². The first-order chi connectivity index (χ1) is 6.65. The van der Waals surface area contributed by atoms with Crippen molar-refractivity contribution in [2.45, 2.75) is 32.6 Å². The third-order valence-electron chi connectivity index (χ3n) is 2.93. The zero-order chi connectivity index (χ0) is 10.6. The van der Waals surface area contributed by atoms with E-state index in [0.717, 1.165) is 19.5 Å². The fourth-order valence-electron chi connectivity index (χ4n) is 1.88. The van der Waals surface area contributed by atoms with Crippen molar-refractivity contribution in [1.82, 2.24) is 4.90 Å². The van der Waals surface area contributed by atoms with Gasteiger partial charge in [-0.05, 0) is 32.4 Å². The topological polar surface area (TPSA) is 40.5 Å². The molecule has 82 valence electrons. The number of carboxylic acids is 1. The predicted octanol–water partition coefficient (Wildman–Crippen LogP) is 1.83. The van der Waals surface area contributed by atoms with Gasteiger partial charge in [0.1, 0.15) is 0 Å². The Hall–Kier alpha value is -0.570. The van der Waals surface area contributed by atoms with Crippen LogP contribution in [0.15, 0.2) is 0 Å². The second-order valence-corrected chi connectivity index (χ2v) is 4.41.